The van der Waals surface area contributed by atoms with E-state index in [-0.39, 0.29) is 6.61 Å². The van der Waals surface area contributed by atoms with E-state index in [0.717, 1.165) is 25.5 Å². The molecule has 182 valence electrons. The first-order valence-electron chi connectivity index (χ1n) is 11.8. The molecule has 0 aromatic carbocycles. The molecule has 0 aromatic heterocycles. The maximum Gasteiger partial charge on any atom is 0.332 e. The first-order valence-corrected chi connectivity index (χ1v) is 13.3. The molecule has 0 radical (unpaired) electrons. The van der Waals surface area contributed by atoms with Gasteiger partial charge in [-0.05, 0) is 13.3 Å². The van der Waals surface area contributed by atoms with Crippen LogP contribution in [0.15, 0.2) is 12.3 Å². The van der Waals surface area contributed by atoms with Crippen LogP contribution in [0.1, 0.15) is 110 Å². The van der Waals surface area contributed by atoms with Gasteiger partial charge in [0, 0.05) is 0 Å². The fourth-order valence-corrected chi connectivity index (χ4v) is 3.86. The molecule has 7 nitrogen and oxygen atoms in total. The van der Waals surface area contributed by atoms with Crippen LogP contribution in [0, 0.1) is 0 Å². The van der Waals surface area contributed by atoms with E-state index < -0.39 is 33.7 Å². The fraction of sp³-hybridized carbons (Fsp3) is 0.826. The zero-order valence-corrected chi connectivity index (χ0v) is 20.2. The van der Waals surface area contributed by atoms with Gasteiger partial charge in [-0.2, -0.15) is 8.42 Å². The molecule has 8 heteroatoms. The van der Waals surface area contributed by atoms with Gasteiger partial charge in [-0.15, -0.1) is 0 Å². The average molecular weight is 463 g/mol. The van der Waals surface area contributed by atoms with Crippen molar-refractivity contribution in [3.63, 3.8) is 0 Å². The Kier molecular flexibility index (Phi) is 18.4. The average Bonchev–Trinajstić information content (AvgIpc) is 2.72. The van der Waals surface area contributed by atoms with Gasteiger partial charge in [0.1, 0.15) is 0 Å². The number of ether oxygens (including phenoxy) is 2. The van der Waals surface area contributed by atoms with Crippen LogP contribution >= 0.6 is 0 Å². The summed E-state index contributed by atoms with van der Waals surface area (Å²) in [6, 6.07) is 0. The van der Waals surface area contributed by atoms with Crippen molar-refractivity contribution in [2.24, 2.45) is 0 Å². The largest absolute Gasteiger partial charge is 0.466 e. The van der Waals surface area contributed by atoms with Crippen LogP contribution in [0.5, 0.6) is 0 Å². The Labute approximate surface area is 188 Å². The molecule has 0 amide bonds. The third kappa shape index (κ3) is 17.9. The molecule has 0 bridgehead atoms. The van der Waals surface area contributed by atoms with Crippen molar-refractivity contribution in [1.82, 2.24) is 0 Å². The number of unbranched alkanes of at least 4 members (excludes halogenated alkanes) is 13. The predicted octanol–water partition coefficient (Wildman–Crippen LogP) is 5.73. The Hall–Kier alpha value is -1.41. The van der Waals surface area contributed by atoms with E-state index in [1.165, 1.54) is 70.3 Å². The van der Waals surface area contributed by atoms with Crippen molar-refractivity contribution >= 4 is 22.1 Å². The lowest BCUT2D eigenvalue weighted by molar-refractivity contribution is -0.147. The topological polar surface area (TPSA) is 107 Å². The molecule has 0 saturated carbocycles. The van der Waals surface area contributed by atoms with Crippen molar-refractivity contribution in [2.45, 2.75) is 115 Å². The molecule has 31 heavy (non-hydrogen) atoms. The summed E-state index contributed by atoms with van der Waals surface area (Å²) in [4.78, 5) is 23.5. The first-order chi connectivity index (χ1) is 14.8. The lowest BCUT2D eigenvalue weighted by Crippen LogP contribution is -2.33. The highest BCUT2D eigenvalue weighted by Crippen LogP contribution is 2.13. The molecule has 1 atom stereocenters. The van der Waals surface area contributed by atoms with Crippen LogP contribution in [0.2, 0.25) is 0 Å². The number of rotatable bonds is 20. The molecule has 0 fully saturated rings. The summed E-state index contributed by atoms with van der Waals surface area (Å²) in [6.45, 7) is 3.97. The van der Waals surface area contributed by atoms with Gasteiger partial charge in [-0.1, -0.05) is 96.5 Å². The Morgan fingerprint density at radius 2 is 1.29 bits per heavy atom. The molecule has 1 N–H and O–H groups in total. The second-order valence-electron chi connectivity index (χ2n) is 7.93. The minimum atomic E-state index is -4.76. The van der Waals surface area contributed by atoms with Gasteiger partial charge < -0.3 is 9.47 Å². The minimum absolute atomic E-state index is 0.166. The Bertz CT molecular complexity index is 599. The van der Waals surface area contributed by atoms with Gasteiger partial charge in [-0.25, -0.2) is 0 Å². The summed E-state index contributed by atoms with van der Waals surface area (Å²) >= 11 is 0. The summed E-state index contributed by atoms with van der Waals surface area (Å²) in [5, 5.41) is -1.98. The maximum atomic E-state index is 11.8. The lowest BCUT2D eigenvalue weighted by atomic mass is 10.0. The van der Waals surface area contributed by atoms with Crippen molar-refractivity contribution in [2.75, 3.05) is 6.61 Å². The number of carbonyl (C=O) groups excluding carboxylic acids is 2. The van der Waals surface area contributed by atoms with Crippen molar-refractivity contribution in [1.29, 1.82) is 0 Å². The fourth-order valence-electron chi connectivity index (χ4n) is 3.21. The maximum absolute atomic E-state index is 11.8. The Balaban J connectivity index is 3.71. The quantitative estimate of drug-likeness (QED) is 0.106. The van der Waals surface area contributed by atoms with E-state index in [1.54, 1.807) is 6.92 Å². The van der Waals surface area contributed by atoms with Gasteiger partial charge in [0.05, 0.1) is 19.3 Å². The number of hydrogen-bond donors (Lipinski definition) is 1. The standard InChI is InChI=1S/C23H42O7S/c1-3-5-6-7-8-9-10-11-12-13-14-15-16-17-19-29-22(24)20-21(31(26,27)28)23(25)30-18-4-2/h4,18,21H,3,5-17,19-20H2,1-2H3,(H,26,27,28)/b18-4+. The normalized spacial score (nSPS) is 12.7. The smallest absolute Gasteiger partial charge is 0.332 e. The van der Waals surface area contributed by atoms with Gasteiger partial charge in [0.2, 0.25) is 0 Å². The lowest BCUT2D eigenvalue weighted by Gasteiger charge is -2.11. The van der Waals surface area contributed by atoms with Gasteiger partial charge >= 0.3 is 11.9 Å². The van der Waals surface area contributed by atoms with E-state index in [0.29, 0.717) is 6.42 Å². The molecule has 0 aliphatic heterocycles. The number of allylic oxidation sites excluding steroid dienone is 1. The van der Waals surface area contributed by atoms with Crippen molar-refractivity contribution in [3.8, 4) is 0 Å². The highest BCUT2D eigenvalue weighted by atomic mass is 32.2. The third-order valence-corrected chi connectivity index (χ3v) is 6.13. The summed E-state index contributed by atoms with van der Waals surface area (Å²) < 4.78 is 41.3. The molecular formula is C23H42O7S. The van der Waals surface area contributed by atoms with E-state index in [2.05, 4.69) is 11.7 Å². The molecule has 0 saturated heterocycles. The van der Waals surface area contributed by atoms with Crippen LogP contribution < -0.4 is 0 Å². The number of hydrogen-bond acceptors (Lipinski definition) is 6. The molecule has 0 rings (SSSR count). The predicted molar refractivity (Wildman–Crippen MR) is 122 cm³/mol. The summed E-state index contributed by atoms with van der Waals surface area (Å²) in [6.07, 6.45) is 18.7. The number of esters is 2. The second kappa shape index (κ2) is 19.3. The summed E-state index contributed by atoms with van der Waals surface area (Å²) in [7, 11) is -4.76. The summed E-state index contributed by atoms with van der Waals surface area (Å²) in [5.74, 6) is -2.07. The molecule has 0 aliphatic rings. The highest BCUT2D eigenvalue weighted by Gasteiger charge is 2.35. The van der Waals surface area contributed by atoms with E-state index in [4.69, 9.17) is 9.29 Å². The van der Waals surface area contributed by atoms with Gasteiger partial charge in [0.15, 0.2) is 5.25 Å². The Morgan fingerprint density at radius 3 is 1.71 bits per heavy atom. The molecule has 0 heterocycles. The summed E-state index contributed by atoms with van der Waals surface area (Å²) in [5.41, 5.74) is 0. The van der Waals surface area contributed by atoms with Crippen LogP contribution in [0.25, 0.3) is 0 Å². The number of carbonyl (C=O) groups is 2. The van der Waals surface area contributed by atoms with Crippen molar-refractivity contribution in [3.05, 3.63) is 12.3 Å². The molecular weight excluding hydrogens is 420 g/mol. The van der Waals surface area contributed by atoms with Crippen LogP contribution in [0.3, 0.4) is 0 Å². The van der Waals surface area contributed by atoms with E-state index >= 15 is 0 Å². The molecule has 0 aromatic rings. The van der Waals surface area contributed by atoms with E-state index in [1.807, 2.05) is 0 Å². The third-order valence-electron chi connectivity index (χ3n) is 5.06. The van der Waals surface area contributed by atoms with Crippen LogP contribution in [0.4, 0.5) is 0 Å². The molecule has 0 aliphatic carbocycles. The van der Waals surface area contributed by atoms with Gasteiger partial charge in [0.25, 0.3) is 10.1 Å². The van der Waals surface area contributed by atoms with Crippen LogP contribution in [-0.4, -0.2) is 36.8 Å². The molecule has 1 unspecified atom stereocenters. The molecule has 0 spiro atoms. The Morgan fingerprint density at radius 1 is 0.839 bits per heavy atom. The minimum Gasteiger partial charge on any atom is -0.466 e. The SMILES string of the molecule is C/C=C/OC(=O)C(CC(=O)OCCCCCCCCCCCCCCCC)S(=O)(=O)O. The zero-order valence-electron chi connectivity index (χ0n) is 19.4. The van der Waals surface area contributed by atoms with Gasteiger partial charge in [-0.3, -0.25) is 14.1 Å². The van der Waals surface area contributed by atoms with Crippen molar-refractivity contribution < 1.29 is 32.0 Å². The first kappa shape index (κ1) is 29.6. The second-order valence-corrected chi connectivity index (χ2v) is 9.53. The zero-order chi connectivity index (χ0) is 23.4. The monoisotopic (exact) mass is 462 g/mol. The van der Waals surface area contributed by atoms with E-state index in [9.17, 15) is 18.0 Å². The highest BCUT2D eigenvalue weighted by molar-refractivity contribution is 7.87. The van der Waals surface area contributed by atoms with Crippen LogP contribution in [-0.2, 0) is 29.2 Å².